The average Bonchev–Trinajstić information content (AvgIpc) is 3.30. The number of carbonyl (C=O) groups is 2. The van der Waals surface area contributed by atoms with E-state index in [9.17, 15) is 14.0 Å². The van der Waals surface area contributed by atoms with Crippen LogP contribution in [0.2, 0.25) is 0 Å². The number of morpholine rings is 1. The number of nitrogens with one attached hydrogen (secondary N) is 1. The maximum Gasteiger partial charge on any atom is 0.337 e. The van der Waals surface area contributed by atoms with Gasteiger partial charge in [-0.15, -0.1) is 10.2 Å². The Kier molecular flexibility index (Phi) is 8.45. The summed E-state index contributed by atoms with van der Waals surface area (Å²) in [5, 5.41) is 12.0. The van der Waals surface area contributed by atoms with Crippen molar-refractivity contribution in [1.82, 2.24) is 19.7 Å². The van der Waals surface area contributed by atoms with Crippen molar-refractivity contribution >= 4 is 29.3 Å². The van der Waals surface area contributed by atoms with Crippen LogP contribution in [0.1, 0.15) is 10.4 Å². The molecule has 184 valence electrons. The summed E-state index contributed by atoms with van der Waals surface area (Å²) in [6, 6.07) is 12.6. The minimum absolute atomic E-state index is 0.123. The van der Waals surface area contributed by atoms with Crippen LogP contribution in [0, 0.1) is 5.82 Å². The number of methoxy groups -OCH3 is 1. The molecule has 2 heterocycles. The lowest BCUT2D eigenvalue weighted by Gasteiger charge is -2.27. The molecule has 1 saturated heterocycles. The number of thioether (sulfide) groups is 1. The molecule has 1 aliphatic rings. The summed E-state index contributed by atoms with van der Waals surface area (Å²) in [6.07, 6.45) is 0. The third-order valence-electron chi connectivity index (χ3n) is 5.48. The number of carbonyl (C=O) groups excluding carboxylic acids is 2. The molecule has 1 aromatic heterocycles. The predicted molar refractivity (Wildman–Crippen MR) is 130 cm³/mol. The van der Waals surface area contributed by atoms with Crippen molar-refractivity contribution in [3.63, 3.8) is 0 Å². The molecule has 0 unspecified atom stereocenters. The van der Waals surface area contributed by atoms with Crippen LogP contribution in [-0.4, -0.2) is 77.3 Å². The Hall–Kier alpha value is -3.28. The van der Waals surface area contributed by atoms with Gasteiger partial charge in [0, 0.05) is 37.4 Å². The van der Waals surface area contributed by atoms with E-state index in [0.717, 1.165) is 25.2 Å². The number of amides is 1. The fourth-order valence-corrected chi connectivity index (χ4v) is 4.37. The van der Waals surface area contributed by atoms with E-state index in [2.05, 4.69) is 25.2 Å². The highest BCUT2D eigenvalue weighted by atomic mass is 32.2. The second-order valence-corrected chi connectivity index (χ2v) is 8.77. The van der Waals surface area contributed by atoms with E-state index in [-0.39, 0.29) is 17.5 Å². The molecule has 1 N–H and O–H groups in total. The molecule has 0 atom stereocenters. The van der Waals surface area contributed by atoms with E-state index in [1.165, 1.54) is 31.0 Å². The number of anilines is 1. The summed E-state index contributed by atoms with van der Waals surface area (Å²) in [5.74, 6) is -0.227. The van der Waals surface area contributed by atoms with Gasteiger partial charge in [-0.2, -0.15) is 0 Å². The minimum atomic E-state index is -0.438. The molecule has 1 aliphatic heterocycles. The SMILES string of the molecule is COC(=O)c1ccc(NC(=O)CSc2nnc(-c3ccc(F)cc3)n2CCN2CCOCC2)cc1. The smallest absolute Gasteiger partial charge is 0.337 e. The Labute approximate surface area is 206 Å². The monoisotopic (exact) mass is 499 g/mol. The Morgan fingerprint density at radius 2 is 1.77 bits per heavy atom. The number of ether oxygens (including phenoxy) is 2. The van der Waals surface area contributed by atoms with Crippen LogP contribution in [0.25, 0.3) is 11.4 Å². The summed E-state index contributed by atoms with van der Waals surface area (Å²) >= 11 is 1.28. The molecule has 3 aromatic rings. The molecule has 9 nitrogen and oxygen atoms in total. The molecular weight excluding hydrogens is 473 g/mol. The van der Waals surface area contributed by atoms with Gasteiger partial charge in [0.1, 0.15) is 5.82 Å². The maximum absolute atomic E-state index is 13.4. The number of aromatic nitrogens is 3. The first-order valence-corrected chi connectivity index (χ1v) is 12.1. The van der Waals surface area contributed by atoms with Gasteiger partial charge in [-0.1, -0.05) is 11.8 Å². The predicted octanol–water partition coefficient (Wildman–Crippen LogP) is 2.93. The lowest BCUT2D eigenvalue weighted by atomic mass is 10.2. The van der Waals surface area contributed by atoms with Crippen LogP contribution in [-0.2, 0) is 20.8 Å². The third kappa shape index (κ3) is 6.65. The molecule has 0 radical (unpaired) electrons. The van der Waals surface area contributed by atoms with Gasteiger partial charge in [0.2, 0.25) is 5.91 Å². The Morgan fingerprint density at radius 1 is 1.06 bits per heavy atom. The lowest BCUT2D eigenvalue weighted by molar-refractivity contribution is -0.113. The first kappa shape index (κ1) is 24.8. The lowest BCUT2D eigenvalue weighted by Crippen LogP contribution is -2.38. The number of rotatable bonds is 9. The molecule has 0 aliphatic carbocycles. The Morgan fingerprint density at radius 3 is 2.46 bits per heavy atom. The largest absolute Gasteiger partial charge is 0.465 e. The highest BCUT2D eigenvalue weighted by Crippen LogP contribution is 2.25. The summed E-state index contributed by atoms with van der Waals surface area (Å²) in [5.41, 5.74) is 1.73. The van der Waals surface area contributed by atoms with Crippen LogP contribution in [0.15, 0.2) is 53.7 Å². The maximum atomic E-state index is 13.4. The fourth-order valence-electron chi connectivity index (χ4n) is 3.61. The number of esters is 1. The van der Waals surface area contributed by atoms with Crippen LogP contribution in [0.4, 0.5) is 10.1 Å². The van der Waals surface area contributed by atoms with Gasteiger partial charge in [-0.3, -0.25) is 9.69 Å². The summed E-state index contributed by atoms with van der Waals surface area (Å²) in [6.45, 7) is 4.52. The van der Waals surface area contributed by atoms with Gasteiger partial charge in [-0.05, 0) is 48.5 Å². The number of hydrogen-bond acceptors (Lipinski definition) is 8. The quantitative estimate of drug-likeness (QED) is 0.355. The molecule has 11 heteroatoms. The van der Waals surface area contributed by atoms with Gasteiger partial charge in [0.15, 0.2) is 11.0 Å². The highest BCUT2D eigenvalue weighted by Gasteiger charge is 2.18. The van der Waals surface area contributed by atoms with Gasteiger partial charge in [-0.25, -0.2) is 9.18 Å². The van der Waals surface area contributed by atoms with E-state index in [1.54, 1.807) is 36.4 Å². The van der Waals surface area contributed by atoms with E-state index in [0.29, 0.717) is 42.0 Å². The average molecular weight is 500 g/mol. The molecule has 0 bridgehead atoms. The van der Waals surface area contributed by atoms with Gasteiger partial charge in [0.25, 0.3) is 0 Å². The van der Waals surface area contributed by atoms with Crippen molar-refractivity contribution in [1.29, 1.82) is 0 Å². The van der Waals surface area contributed by atoms with Crippen molar-refractivity contribution in [2.45, 2.75) is 11.7 Å². The van der Waals surface area contributed by atoms with Crippen molar-refractivity contribution in [2.24, 2.45) is 0 Å². The molecule has 0 saturated carbocycles. The summed E-state index contributed by atoms with van der Waals surface area (Å²) in [4.78, 5) is 26.4. The molecule has 2 aromatic carbocycles. The van der Waals surface area contributed by atoms with E-state index < -0.39 is 5.97 Å². The van der Waals surface area contributed by atoms with Crippen LogP contribution in [0.5, 0.6) is 0 Å². The number of nitrogens with zero attached hydrogens (tertiary/aromatic N) is 4. The number of halogens is 1. The zero-order chi connectivity index (χ0) is 24.6. The standard InChI is InChI=1S/C24H26FN5O4S/c1-33-23(32)18-4-8-20(9-5-18)26-21(31)16-35-24-28-27-22(17-2-6-19(25)7-3-17)30(24)11-10-29-12-14-34-15-13-29/h2-9H,10-16H2,1H3,(H,26,31). The molecule has 35 heavy (non-hydrogen) atoms. The second kappa shape index (κ2) is 11.9. The van der Waals surface area contributed by atoms with Crippen molar-refractivity contribution in [3.05, 3.63) is 59.9 Å². The van der Waals surface area contributed by atoms with E-state index in [1.807, 2.05) is 4.57 Å². The minimum Gasteiger partial charge on any atom is -0.465 e. The Balaban J connectivity index is 1.43. The molecule has 0 spiro atoms. The number of hydrogen-bond donors (Lipinski definition) is 1. The van der Waals surface area contributed by atoms with Crippen LogP contribution < -0.4 is 5.32 Å². The molecule has 1 amide bonds. The van der Waals surface area contributed by atoms with Crippen LogP contribution >= 0.6 is 11.8 Å². The zero-order valence-electron chi connectivity index (χ0n) is 19.3. The summed E-state index contributed by atoms with van der Waals surface area (Å²) in [7, 11) is 1.32. The normalized spacial score (nSPS) is 14.0. The van der Waals surface area contributed by atoms with Crippen molar-refractivity contribution < 1.29 is 23.5 Å². The zero-order valence-corrected chi connectivity index (χ0v) is 20.1. The van der Waals surface area contributed by atoms with Crippen molar-refractivity contribution in [3.8, 4) is 11.4 Å². The first-order chi connectivity index (χ1) is 17.0. The van der Waals surface area contributed by atoms with E-state index in [4.69, 9.17) is 4.74 Å². The highest BCUT2D eigenvalue weighted by molar-refractivity contribution is 7.99. The summed E-state index contributed by atoms with van der Waals surface area (Å²) < 4.78 is 25.5. The van der Waals surface area contributed by atoms with Gasteiger partial charge >= 0.3 is 5.97 Å². The Bertz CT molecular complexity index is 1150. The van der Waals surface area contributed by atoms with Crippen LogP contribution in [0.3, 0.4) is 0 Å². The van der Waals surface area contributed by atoms with Gasteiger partial charge < -0.3 is 19.4 Å². The molecular formula is C24H26FN5O4S. The third-order valence-corrected chi connectivity index (χ3v) is 6.45. The first-order valence-electron chi connectivity index (χ1n) is 11.1. The number of benzene rings is 2. The molecule has 1 fully saturated rings. The molecule has 4 rings (SSSR count). The van der Waals surface area contributed by atoms with Gasteiger partial charge in [0.05, 0.1) is 31.6 Å². The fraction of sp³-hybridized carbons (Fsp3) is 0.333. The topological polar surface area (TPSA) is 98.6 Å². The second-order valence-electron chi connectivity index (χ2n) is 7.82. The van der Waals surface area contributed by atoms with Crippen molar-refractivity contribution in [2.75, 3.05) is 51.0 Å². The van der Waals surface area contributed by atoms with E-state index >= 15 is 0 Å².